The molecule has 0 amide bonds. The largest absolute Gasteiger partial charge is 0.256 e. The third-order valence-corrected chi connectivity index (χ3v) is 3.55. The Morgan fingerprint density at radius 1 is 0.842 bits per heavy atom. The summed E-state index contributed by atoms with van der Waals surface area (Å²) in [5.74, 6) is 0. The molecule has 0 bridgehead atoms. The molecule has 0 spiro atoms. The van der Waals surface area contributed by atoms with Crippen LogP contribution in [-0.4, -0.2) is 4.98 Å². The second-order valence-electron chi connectivity index (χ2n) is 5.06. The number of hydrogen-bond acceptors (Lipinski definition) is 1. The van der Waals surface area contributed by atoms with Crippen LogP contribution in [0.25, 0.3) is 11.3 Å². The number of hydrogen-bond donors (Lipinski definition) is 0. The molecule has 1 aromatic heterocycles. The lowest BCUT2D eigenvalue weighted by Crippen LogP contribution is -1.89. The molecule has 0 atom stereocenters. The minimum Gasteiger partial charge on any atom is -0.256 e. The van der Waals surface area contributed by atoms with Gasteiger partial charge < -0.3 is 0 Å². The summed E-state index contributed by atoms with van der Waals surface area (Å²) in [7, 11) is 0. The number of aromatic nitrogens is 1. The van der Waals surface area contributed by atoms with E-state index in [1.165, 1.54) is 36.0 Å². The van der Waals surface area contributed by atoms with Gasteiger partial charge in [-0.25, -0.2) is 0 Å². The van der Waals surface area contributed by atoms with Crippen molar-refractivity contribution in [3.63, 3.8) is 0 Å². The normalized spacial score (nSPS) is 10.6. The molecule has 19 heavy (non-hydrogen) atoms. The molecule has 0 unspecified atom stereocenters. The number of rotatable bonds is 6. The van der Waals surface area contributed by atoms with Crippen molar-refractivity contribution >= 4 is 0 Å². The maximum atomic E-state index is 4.58. The van der Waals surface area contributed by atoms with Crippen LogP contribution in [0.1, 0.15) is 44.2 Å². The van der Waals surface area contributed by atoms with E-state index in [0.29, 0.717) is 0 Å². The van der Waals surface area contributed by atoms with Crippen molar-refractivity contribution < 1.29 is 0 Å². The van der Waals surface area contributed by atoms with Crippen molar-refractivity contribution in [3.05, 3.63) is 53.7 Å². The summed E-state index contributed by atoms with van der Waals surface area (Å²) >= 11 is 0. The van der Waals surface area contributed by atoms with Crippen LogP contribution in [0.2, 0.25) is 0 Å². The highest BCUT2D eigenvalue weighted by Crippen LogP contribution is 2.18. The van der Waals surface area contributed by atoms with E-state index in [2.05, 4.69) is 55.2 Å². The predicted octanol–water partition coefficient (Wildman–Crippen LogP) is 5.04. The Bertz CT molecular complexity index is 482. The van der Waals surface area contributed by atoms with Gasteiger partial charge in [-0.15, -0.1) is 0 Å². The van der Waals surface area contributed by atoms with Gasteiger partial charge in [0.15, 0.2) is 0 Å². The van der Waals surface area contributed by atoms with Crippen molar-refractivity contribution in [2.45, 2.75) is 46.0 Å². The average Bonchev–Trinajstić information content (AvgIpc) is 2.48. The Hall–Kier alpha value is -1.63. The number of aryl methyl sites for hydroxylation is 2. The minimum atomic E-state index is 1.07. The van der Waals surface area contributed by atoms with Gasteiger partial charge in [-0.05, 0) is 36.5 Å². The molecule has 0 aliphatic rings. The van der Waals surface area contributed by atoms with Crippen LogP contribution in [0.5, 0.6) is 0 Å². The van der Waals surface area contributed by atoms with Gasteiger partial charge in [0, 0.05) is 11.8 Å². The first kappa shape index (κ1) is 13.8. The number of pyridine rings is 1. The van der Waals surface area contributed by atoms with Crippen LogP contribution < -0.4 is 0 Å². The lowest BCUT2D eigenvalue weighted by Gasteiger charge is -2.04. The molecule has 1 nitrogen and oxygen atoms in total. The molecule has 2 aromatic rings. The second kappa shape index (κ2) is 7.08. The Morgan fingerprint density at radius 2 is 1.58 bits per heavy atom. The average molecular weight is 253 g/mol. The minimum absolute atomic E-state index is 1.07. The molecule has 1 aromatic carbocycles. The summed E-state index contributed by atoms with van der Waals surface area (Å²) in [4.78, 5) is 4.58. The predicted molar refractivity (Wildman–Crippen MR) is 82.3 cm³/mol. The smallest absolute Gasteiger partial charge is 0.0702 e. The van der Waals surface area contributed by atoms with Crippen LogP contribution in [0.4, 0.5) is 0 Å². The molecule has 100 valence electrons. The Kier molecular flexibility index (Phi) is 5.14. The molecular formula is C18H23N. The standard InChI is InChI=1S/C18H23N/c1-3-5-6-7-16-10-13-18(19-14-16)17-11-8-15(4-2)9-12-17/h8-14H,3-7H2,1-2H3. The summed E-state index contributed by atoms with van der Waals surface area (Å²) in [6.45, 7) is 4.42. The van der Waals surface area contributed by atoms with Gasteiger partial charge in [-0.3, -0.25) is 4.98 Å². The molecule has 0 N–H and O–H groups in total. The van der Waals surface area contributed by atoms with E-state index in [0.717, 1.165) is 18.5 Å². The number of nitrogens with zero attached hydrogens (tertiary/aromatic N) is 1. The zero-order valence-electron chi connectivity index (χ0n) is 12.0. The highest BCUT2D eigenvalue weighted by molar-refractivity contribution is 5.59. The van der Waals surface area contributed by atoms with E-state index < -0.39 is 0 Å². The summed E-state index contributed by atoms with van der Waals surface area (Å²) in [6, 6.07) is 13.1. The van der Waals surface area contributed by atoms with Gasteiger partial charge in [-0.2, -0.15) is 0 Å². The lowest BCUT2D eigenvalue weighted by molar-refractivity contribution is 0.716. The van der Waals surface area contributed by atoms with Crippen LogP contribution in [0, 0.1) is 0 Å². The molecule has 2 rings (SSSR count). The van der Waals surface area contributed by atoms with Crippen molar-refractivity contribution in [1.82, 2.24) is 4.98 Å². The third-order valence-electron chi connectivity index (χ3n) is 3.55. The highest BCUT2D eigenvalue weighted by Gasteiger charge is 2.00. The molecule has 0 saturated carbocycles. The quantitative estimate of drug-likeness (QED) is 0.657. The summed E-state index contributed by atoms with van der Waals surface area (Å²) in [5, 5.41) is 0. The van der Waals surface area contributed by atoms with Crippen molar-refractivity contribution in [2.75, 3.05) is 0 Å². The molecule has 0 saturated heterocycles. The Morgan fingerprint density at radius 3 is 2.16 bits per heavy atom. The van der Waals surface area contributed by atoms with Gasteiger partial charge in [0.1, 0.15) is 0 Å². The second-order valence-corrected chi connectivity index (χ2v) is 5.06. The zero-order valence-corrected chi connectivity index (χ0v) is 12.0. The summed E-state index contributed by atoms with van der Waals surface area (Å²) in [6.07, 6.45) is 8.11. The van der Waals surface area contributed by atoms with Gasteiger partial charge in [-0.1, -0.05) is 57.0 Å². The van der Waals surface area contributed by atoms with E-state index >= 15 is 0 Å². The van der Waals surface area contributed by atoms with E-state index in [4.69, 9.17) is 0 Å². The van der Waals surface area contributed by atoms with Crippen LogP contribution in [-0.2, 0) is 12.8 Å². The first-order valence-corrected chi connectivity index (χ1v) is 7.37. The van der Waals surface area contributed by atoms with Crippen molar-refractivity contribution in [2.24, 2.45) is 0 Å². The third kappa shape index (κ3) is 3.92. The van der Waals surface area contributed by atoms with E-state index in [9.17, 15) is 0 Å². The summed E-state index contributed by atoms with van der Waals surface area (Å²) < 4.78 is 0. The van der Waals surface area contributed by atoms with E-state index in [1.807, 2.05) is 6.20 Å². The number of benzene rings is 1. The molecule has 1 heterocycles. The molecule has 0 aliphatic heterocycles. The lowest BCUT2D eigenvalue weighted by atomic mass is 10.1. The maximum absolute atomic E-state index is 4.58. The van der Waals surface area contributed by atoms with Gasteiger partial charge >= 0.3 is 0 Å². The first-order chi connectivity index (χ1) is 9.33. The van der Waals surface area contributed by atoms with Gasteiger partial charge in [0.25, 0.3) is 0 Å². The van der Waals surface area contributed by atoms with Gasteiger partial charge in [0.05, 0.1) is 5.69 Å². The van der Waals surface area contributed by atoms with E-state index in [-0.39, 0.29) is 0 Å². The zero-order chi connectivity index (χ0) is 13.5. The summed E-state index contributed by atoms with van der Waals surface area (Å²) in [5.41, 5.74) is 5.00. The molecule has 0 aliphatic carbocycles. The Balaban J connectivity index is 2.04. The number of unbranched alkanes of at least 4 members (excludes halogenated alkanes) is 2. The maximum Gasteiger partial charge on any atom is 0.0702 e. The fraction of sp³-hybridized carbons (Fsp3) is 0.389. The topological polar surface area (TPSA) is 12.9 Å². The van der Waals surface area contributed by atoms with Crippen LogP contribution >= 0.6 is 0 Å². The molecule has 0 radical (unpaired) electrons. The SMILES string of the molecule is CCCCCc1ccc(-c2ccc(CC)cc2)nc1. The molecule has 0 fully saturated rings. The van der Waals surface area contributed by atoms with E-state index in [1.54, 1.807) is 0 Å². The fourth-order valence-corrected chi connectivity index (χ4v) is 2.23. The van der Waals surface area contributed by atoms with Gasteiger partial charge in [0.2, 0.25) is 0 Å². The van der Waals surface area contributed by atoms with Crippen LogP contribution in [0.15, 0.2) is 42.6 Å². The highest BCUT2D eigenvalue weighted by atomic mass is 14.7. The van der Waals surface area contributed by atoms with Crippen LogP contribution in [0.3, 0.4) is 0 Å². The first-order valence-electron chi connectivity index (χ1n) is 7.37. The van der Waals surface area contributed by atoms with Crippen molar-refractivity contribution in [3.8, 4) is 11.3 Å². The van der Waals surface area contributed by atoms with Crippen molar-refractivity contribution in [1.29, 1.82) is 0 Å². The molecular weight excluding hydrogens is 230 g/mol. The monoisotopic (exact) mass is 253 g/mol. The fourth-order valence-electron chi connectivity index (χ4n) is 2.23. The molecule has 1 heteroatoms. The Labute approximate surface area is 116 Å².